The molecule has 1 aromatic carbocycles. The Morgan fingerprint density at radius 1 is 1.05 bits per heavy atom. The molecule has 11 nitrogen and oxygen atoms in total. The highest BCUT2D eigenvalue weighted by atomic mass is 35.5. The Bertz CT molecular complexity index is 1490. The largest absolute Gasteiger partial charge is 0.369 e. The monoisotopic (exact) mass is 571 g/mol. The summed E-state index contributed by atoms with van der Waals surface area (Å²) in [5.74, 6) is -0.452. The zero-order chi connectivity index (χ0) is 27.8. The van der Waals surface area contributed by atoms with Crippen molar-refractivity contribution in [2.24, 2.45) is 11.7 Å². The lowest BCUT2D eigenvalue weighted by Gasteiger charge is -2.29. The fourth-order valence-corrected chi connectivity index (χ4v) is 6.06. The molecule has 1 amide bonds. The maximum absolute atomic E-state index is 14.7. The van der Waals surface area contributed by atoms with Crippen LogP contribution >= 0.6 is 11.6 Å². The molecule has 2 saturated carbocycles. The first-order valence-corrected chi connectivity index (χ1v) is 13.7. The summed E-state index contributed by atoms with van der Waals surface area (Å²) < 4.78 is 35.5. The van der Waals surface area contributed by atoms with E-state index in [2.05, 4.69) is 30.7 Å². The van der Waals surface area contributed by atoms with Crippen LogP contribution in [0.1, 0.15) is 69.2 Å². The van der Waals surface area contributed by atoms with E-state index in [-0.39, 0.29) is 40.5 Å². The lowest BCUT2D eigenvalue weighted by molar-refractivity contribution is -0.122. The SMILES string of the molecule is NC(=O)C1CCC(n2c(Nc3c(F)cc(F)cc3Cl)nc3cnc(NC4CCC(c5ncno5)CC4)nc32)CC1. The number of hydrogen-bond donors (Lipinski definition) is 3. The molecule has 3 heterocycles. The number of hydrogen-bond acceptors (Lipinski definition) is 9. The molecule has 0 unspecified atom stereocenters. The number of carbonyl (C=O) groups is 1. The number of amides is 1. The third-order valence-corrected chi connectivity index (χ3v) is 8.23. The van der Waals surface area contributed by atoms with Crippen LogP contribution < -0.4 is 16.4 Å². The van der Waals surface area contributed by atoms with Crippen molar-refractivity contribution in [3.05, 3.63) is 47.2 Å². The number of nitrogens with two attached hydrogens (primary N) is 1. The standard InChI is InChI=1S/C26H28ClF2N9O2/c27-18-9-15(28)10-19(29)21(18)36-26-35-20-11-31-25(34-16-5-1-14(2-6-16)24-32-12-33-40-24)37-23(20)38(26)17-7-3-13(4-8-17)22(30)39/h9-14,16-17H,1-8H2,(H2,30,39)(H,35,36)(H,31,34,37). The average Bonchev–Trinajstić information content (AvgIpc) is 3.59. The van der Waals surface area contributed by atoms with Crippen molar-refractivity contribution in [3.63, 3.8) is 0 Å². The van der Waals surface area contributed by atoms with Gasteiger partial charge in [-0.25, -0.2) is 18.7 Å². The van der Waals surface area contributed by atoms with Crippen LogP contribution in [0, 0.1) is 17.6 Å². The van der Waals surface area contributed by atoms with Gasteiger partial charge in [0.25, 0.3) is 0 Å². The highest BCUT2D eigenvalue weighted by Gasteiger charge is 2.30. The van der Waals surface area contributed by atoms with Crippen LogP contribution in [0.4, 0.5) is 26.4 Å². The summed E-state index contributed by atoms with van der Waals surface area (Å²) in [5.41, 5.74) is 6.52. The molecule has 2 fully saturated rings. The lowest BCUT2D eigenvalue weighted by atomic mass is 9.85. The Hall–Kier alpha value is -3.87. The summed E-state index contributed by atoms with van der Waals surface area (Å²) in [6.45, 7) is 0. The number of imidazole rings is 1. The number of nitrogens with one attached hydrogen (secondary N) is 2. The predicted octanol–water partition coefficient (Wildman–Crippen LogP) is 5.24. The van der Waals surface area contributed by atoms with Gasteiger partial charge in [-0.1, -0.05) is 16.8 Å². The number of primary amides is 1. The average molecular weight is 572 g/mol. The van der Waals surface area contributed by atoms with Crippen molar-refractivity contribution in [2.45, 2.75) is 69.4 Å². The maximum Gasteiger partial charge on any atom is 0.229 e. The first kappa shape index (κ1) is 26.4. The number of rotatable bonds is 7. The molecule has 2 aliphatic rings. The van der Waals surface area contributed by atoms with Crippen LogP contribution in [0.25, 0.3) is 11.2 Å². The molecule has 0 aliphatic heterocycles. The fourth-order valence-electron chi connectivity index (χ4n) is 5.82. The van der Waals surface area contributed by atoms with Crippen LogP contribution in [0.3, 0.4) is 0 Å². The second-order valence-electron chi connectivity index (χ2n) is 10.5. The second kappa shape index (κ2) is 11.0. The van der Waals surface area contributed by atoms with E-state index in [1.54, 1.807) is 6.20 Å². The van der Waals surface area contributed by atoms with Crippen molar-refractivity contribution < 1.29 is 18.1 Å². The van der Waals surface area contributed by atoms with Gasteiger partial charge in [0.2, 0.25) is 23.7 Å². The van der Waals surface area contributed by atoms with E-state index < -0.39 is 11.6 Å². The third-order valence-electron chi connectivity index (χ3n) is 7.93. The Morgan fingerprint density at radius 2 is 1.82 bits per heavy atom. The molecule has 40 heavy (non-hydrogen) atoms. The van der Waals surface area contributed by atoms with Crippen LogP contribution in [-0.2, 0) is 4.79 Å². The molecule has 0 bridgehead atoms. The van der Waals surface area contributed by atoms with Crippen molar-refractivity contribution in [3.8, 4) is 0 Å². The van der Waals surface area contributed by atoms with E-state index in [9.17, 15) is 13.6 Å². The maximum atomic E-state index is 14.7. The Kier molecular flexibility index (Phi) is 7.22. The summed E-state index contributed by atoms with van der Waals surface area (Å²) >= 11 is 6.17. The van der Waals surface area contributed by atoms with Gasteiger partial charge in [0.1, 0.15) is 11.3 Å². The molecule has 210 valence electrons. The van der Waals surface area contributed by atoms with E-state index in [1.807, 2.05) is 4.57 Å². The van der Waals surface area contributed by atoms with Gasteiger partial charge in [0, 0.05) is 30.0 Å². The minimum absolute atomic E-state index is 0.0852. The molecule has 14 heteroatoms. The van der Waals surface area contributed by atoms with Crippen LogP contribution in [-0.4, -0.2) is 41.6 Å². The van der Waals surface area contributed by atoms with E-state index in [0.29, 0.717) is 54.6 Å². The number of carbonyl (C=O) groups excluding carboxylic acids is 1. The van der Waals surface area contributed by atoms with Crippen LogP contribution in [0.15, 0.2) is 29.2 Å². The van der Waals surface area contributed by atoms with Crippen LogP contribution in [0.2, 0.25) is 5.02 Å². The first-order valence-electron chi connectivity index (χ1n) is 13.3. The molecule has 4 N–H and O–H groups in total. The molecule has 4 aromatic rings. The minimum atomic E-state index is -0.842. The smallest absolute Gasteiger partial charge is 0.229 e. The van der Waals surface area contributed by atoms with Gasteiger partial charge < -0.3 is 20.9 Å². The summed E-state index contributed by atoms with van der Waals surface area (Å²) in [4.78, 5) is 29.9. The van der Waals surface area contributed by atoms with Gasteiger partial charge in [-0.3, -0.25) is 9.36 Å². The van der Waals surface area contributed by atoms with Gasteiger partial charge in [-0.05, 0) is 57.4 Å². The van der Waals surface area contributed by atoms with Gasteiger partial charge in [0.15, 0.2) is 17.8 Å². The zero-order valence-electron chi connectivity index (χ0n) is 21.5. The van der Waals surface area contributed by atoms with E-state index in [4.69, 9.17) is 26.8 Å². The van der Waals surface area contributed by atoms with E-state index >= 15 is 0 Å². The Balaban J connectivity index is 1.28. The molecule has 6 rings (SSSR count). The Labute approximate surface area is 232 Å². The van der Waals surface area contributed by atoms with E-state index in [1.165, 1.54) is 6.33 Å². The number of benzene rings is 1. The second-order valence-corrected chi connectivity index (χ2v) is 10.9. The van der Waals surface area contributed by atoms with Gasteiger partial charge in [0.05, 0.1) is 16.9 Å². The number of nitrogens with zero attached hydrogens (tertiary/aromatic N) is 6. The first-order chi connectivity index (χ1) is 19.4. The Morgan fingerprint density at radius 3 is 2.50 bits per heavy atom. The van der Waals surface area contributed by atoms with Crippen molar-refractivity contribution in [1.82, 2.24) is 29.7 Å². The van der Waals surface area contributed by atoms with E-state index in [0.717, 1.165) is 37.8 Å². The van der Waals surface area contributed by atoms with Crippen molar-refractivity contribution in [1.29, 1.82) is 0 Å². The molecule has 0 radical (unpaired) electrons. The number of halogens is 3. The van der Waals surface area contributed by atoms with Gasteiger partial charge in [-0.15, -0.1) is 0 Å². The summed E-state index contributed by atoms with van der Waals surface area (Å²) in [6.07, 6.45) is 9.17. The highest BCUT2D eigenvalue weighted by molar-refractivity contribution is 6.33. The lowest BCUT2D eigenvalue weighted by Crippen LogP contribution is -2.29. The van der Waals surface area contributed by atoms with Crippen molar-refractivity contribution in [2.75, 3.05) is 10.6 Å². The quantitative estimate of drug-likeness (QED) is 0.270. The molecule has 0 saturated heterocycles. The number of fused-ring (bicyclic) bond motifs is 1. The van der Waals surface area contributed by atoms with Crippen LogP contribution in [0.5, 0.6) is 0 Å². The van der Waals surface area contributed by atoms with Crippen molar-refractivity contribution >= 4 is 46.3 Å². The molecule has 0 spiro atoms. The highest BCUT2D eigenvalue weighted by Crippen LogP contribution is 2.39. The molecule has 0 atom stereocenters. The fraction of sp³-hybridized carbons (Fsp3) is 0.462. The number of anilines is 3. The third kappa shape index (κ3) is 5.29. The molecular formula is C26H28ClF2N9O2. The molecule has 3 aromatic heterocycles. The molecule has 2 aliphatic carbocycles. The number of aromatic nitrogens is 6. The van der Waals surface area contributed by atoms with Gasteiger partial charge >= 0.3 is 0 Å². The minimum Gasteiger partial charge on any atom is -0.369 e. The molecular weight excluding hydrogens is 544 g/mol. The predicted molar refractivity (Wildman–Crippen MR) is 143 cm³/mol. The summed E-state index contributed by atoms with van der Waals surface area (Å²) in [5, 5.41) is 9.99. The van der Waals surface area contributed by atoms with Gasteiger partial charge in [-0.2, -0.15) is 9.97 Å². The normalized spacial score (nSPS) is 23.3. The zero-order valence-corrected chi connectivity index (χ0v) is 22.2. The summed E-state index contributed by atoms with van der Waals surface area (Å²) in [7, 11) is 0. The topological polar surface area (TPSA) is 150 Å². The summed E-state index contributed by atoms with van der Waals surface area (Å²) in [6, 6.07) is 1.88.